The fraction of sp³-hybridized carbons (Fsp3) is 0.583. The van der Waals surface area contributed by atoms with Crippen LogP contribution in [-0.2, 0) is 4.79 Å². The summed E-state index contributed by atoms with van der Waals surface area (Å²) < 4.78 is 4.94. The summed E-state index contributed by atoms with van der Waals surface area (Å²) in [6, 6.07) is 1.08. The summed E-state index contributed by atoms with van der Waals surface area (Å²) in [6.07, 6.45) is 0. The molecule has 0 saturated carbocycles. The van der Waals surface area contributed by atoms with Gasteiger partial charge < -0.3 is 14.5 Å². The molecule has 1 aromatic rings. The van der Waals surface area contributed by atoms with Gasteiger partial charge in [-0.25, -0.2) is 0 Å². The van der Waals surface area contributed by atoms with Crippen LogP contribution in [0.3, 0.4) is 0 Å². The van der Waals surface area contributed by atoms with Gasteiger partial charge in [-0.2, -0.15) is 0 Å². The number of aromatic nitrogens is 1. The lowest BCUT2D eigenvalue weighted by molar-refractivity contribution is -0.143. The van der Waals surface area contributed by atoms with Crippen molar-refractivity contribution >= 4 is 11.9 Å². The lowest BCUT2D eigenvalue weighted by Gasteiger charge is -2.36. The van der Waals surface area contributed by atoms with E-state index in [1.54, 1.807) is 24.8 Å². The number of amides is 1. The monoisotopic (exact) mass is 267 g/mol. The molecule has 104 valence electrons. The highest BCUT2D eigenvalue weighted by Crippen LogP contribution is 2.11. The molecule has 1 aliphatic rings. The van der Waals surface area contributed by atoms with Crippen molar-refractivity contribution in [3.63, 3.8) is 0 Å². The van der Waals surface area contributed by atoms with Gasteiger partial charge >= 0.3 is 5.97 Å². The summed E-state index contributed by atoms with van der Waals surface area (Å²) in [6.45, 7) is 5.50. The van der Waals surface area contributed by atoms with E-state index in [2.05, 4.69) is 5.16 Å². The summed E-state index contributed by atoms with van der Waals surface area (Å²) in [7, 11) is 0. The van der Waals surface area contributed by atoms with Crippen LogP contribution >= 0.6 is 0 Å². The van der Waals surface area contributed by atoms with E-state index < -0.39 is 12.0 Å². The molecule has 1 unspecified atom stereocenters. The molecule has 1 aromatic heterocycles. The molecule has 2 rings (SSSR count). The first-order valence-corrected chi connectivity index (χ1v) is 6.18. The fourth-order valence-corrected chi connectivity index (χ4v) is 2.09. The van der Waals surface area contributed by atoms with E-state index in [1.165, 1.54) is 0 Å². The smallest absolute Gasteiger partial charge is 0.320 e. The molecular weight excluding hydrogens is 250 g/mol. The second-order valence-corrected chi connectivity index (χ2v) is 4.67. The highest BCUT2D eigenvalue weighted by molar-refractivity contribution is 5.91. The number of nitrogens with zero attached hydrogens (tertiary/aromatic N) is 3. The molecule has 0 spiro atoms. The third-order valence-electron chi connectivity index (χ3n) is 3.35. The maximum absolute atomic E-state index is 12.1. The largest absolute Gasteiger partial charge is 0.480 e. The number of hydrogen-bond acceptors (Lipinski definition) is 5. The van der Waals surface area contributed by atoms with Crippen molar-refractivity contribution in [2.75, 3.05) is 26.2 Å². The van der Waals surface area contributed by atoms with E-state index in [4.69, 9.17) is 9.63 Å². The minimum atomic E-state index is -0.842. The molecule has 0 aliphatic carbocycles. The Labute approximate surface area is 110 Å². The number of piperazine rings is 1. The van der Waals surface area contributed by atoms with Crippen LogP contribution in [0.1, 0.15) is 23.2 Å². The molecule has 1 N–H and O–H groups in total. The number of carbonyl (C=O) groups excluding carboxylic acids is 1. The second kappa shape index (κ2) is 5.40. The van der Waals surface area contributed by atoms with Crippen LogP contribution in [0.15, 0.2) is 10.6 Å². The van der Waals surface area contributed by atoms with Crippen molar-refractivity contribution in [2.24, 2.45) is 0 Å². The van der Waals surface area contributed by atoms with E-state index in [0.29, 0.717) is 31.9 Å². The van der Waals surface area contributed by atoms with Crippen LogP contribution in [0.2, 0.25) is 0 Å². The van der Waals surface area contributed by atoms with Crippen LogP contribution in [0.4, 0.5) is 0 Å². The van der Waals surface area contributed by atoms with Crippen molar-refractivity contribution < 1.29 is 19.2 Å². The van der Waals surface area contributed by atoms with E-state index >= 15 is 0 Å². The van der Waals surface area contributed by atoms with Gasteiger partial charge in [-0.3, -0.25) is 14.5 Å². The number of carboxylic acid groups (broad SMARTS) is 1. The maximum Gasteiger partial charge on any atom is 0.320 e. The van der Waals surface area contributed by atoms with Gasteiger partial charge in [0.15, 0.2) is 0 Å². The molecule has 1 saturated heterocycles. The van der Waals surface area contributed by atoms with Crippen LogP contribution in [0, 0.1) is 6.92 Å². The molecule has 1 atom stereocenters. The molecule has 7 nitrogen and oxygen atoms in total. The Morgan fingerprint density at radius 3 is 2.47 bits per heavy atom. The summed E-state index contributed by atoms with van der Waals surface area (Å²) in [5, 5.41) is 12.6. The van der Waals surface area contributed by atoms with Crippen LogP contribution in [0.5, 0.6) is 0 Å². The Balaban J connectivity index is 1.93. The van der Waals surface area contributed by atoms with Crippen molar-refractivity contribution in [1.82, 2.24) is 15.0 Å². The topological polar surface area (TPSA) is 86.9 Å². The van der Waals surface area contributed by atoms with Crippen molar-refractivity contribution in [1.29, 1.82) is 0 Å². The molecule has 0 aromatic carbocycles. The highest BCUT2D eigenvalue weighted by atomic mass is 16.5. The quantitative estimate of drug-likeness (QED) is 0.842. The van der Waals surface area contributed by atoms with Gasteiger partial charge in [0.05, 0.1) is 5.69 Å². The van der Waals surface area contributed by atoms with Crippen molar-refractivity contribution in [2.45, 2.75) is 19.9 Å². The molecule has 7 heteroatoms. The molecular formula is C12H17N3O4. The summed E-state index contributed by atoms with van der Waals surface area (Å²) in [5.74, 6) is -0.800. The van der Waals surface area contributed by atoms with Gasteiger partial charge in [-0.1, -0.05) is 5.16 Å². The minimum absolute atomic E-state index is 0.191. The lowest BCUT2D eigenvalue weighted by Crippen LogP contribution is -2.53. The van der Waals surface area contributed by atoms with Gasteiger partial charge in [-0.15, -0.1) is 0 Å². The zero-order chi connectivity index (χ0) is 14.0. The van der Waals surface area contributed by atoms with Crippen molar-refractivity contribution in [3.05, 3.63) is 17.5 Å². The molecule has 1 amide bonds. The molecule has 1 fully saturated rings. The number of aliphatic carboxylic acids is 1. The van der Waals surface area contributed by atoms with Crippen LogP contribution in [-0.4, -0.2) is 64.2 Å². The number of carbonyl (C=O) groups is 2. The van der Waals surface area contributed by atoms with E-state index in [1.807, 2.05) is 4.90 Å². The summed E-state index contributed by atoms with van der Waals surface area (Å²) in [4.78, 5) is 26.5. The molecule has 0 radical (unpaired) electrons. The standard InChI is InChI=1S/C12H17N3O4/c1-8-7-10(19-13-8)11(16)15-5-3-14(4-6-15)9(2)12(17)18/h7,9H,3-6H2,1-2H3,(H,17,18). The van der Waals surface area contributed by atoms with Crippen LogP contribution < -0.4 is 0 Å². The SMILES string of the molecule is Cc1cc(C(=O)N2CCN(C(C)C(=O)O)CC2)on1. The Morgan fingerprint density at radius 1 is 1.37 bits per heavy atom. The predicted molar refractivity (Wildman–Crippen MR) is 65.8 cm³/mol. The van der Waals surface area contributed by atoms with Crippen molar-refractivity contribution in [3.8, 4) is 0 Å². The fourth-order valence-electron chi connectivity index (χ4n) is 2.09. The van der Waals surface area contributed by atoms with Gasteiger partial charge in [0.2, 0.25) is 5.76 Å². The van der Waals surface area contributed by atoms with E-state index in [9.17, 15) is 9.59 Å². The Morgan fingerprint density at radius 2 is 2.00 bits per heavy atom. The first-order valence-electron chi connectivity index (χ1n) is 6.18. The van der Waals surface area contributed by atoms with Crippen LogP contribution in [0.25, 0.3) is 0 Å². The third kappa shape index (κ3) is 2.93. The first-order chi connectivity index (χ1) is 8.99. The van der Waals surface area contributed by atoms with Gasteiger partial charge in [0.1, 0.15) is 6.04 Å². The van der Waals surface area contributed by atoms with Gasteiger partial charge in [0.25, 0.3) is 5.91 Å². The molecule has 2 heterocycles. The summed E-state index contributed by atoms with van der Waals surface area (Å²) >= 11 is 0. The van der Waals surface area contributed by atoms with Gasteiger partial charge in [-0.05, 0) is 13.8 Å². The number of rotatable bonds is 3. The highest BCUT2D eigenvalue weighted by Gasteiger charge is 2.28. The third-order valence-corrected chi connectivity index (χ3v) is 3.35. The Bertz CT molecular complexity index is 477. The molecule has 19 heavy (non-hydrogen) atoms. The summed E-state index contributed by atoms with van der Waals surface area (Å²) in [5.41, 5.74) is 0.668. The Hall–Kier alpha value is -1.89. The maximum atomic E-state index is 12.1. The number of aryl methyl sites for hydroxylation is 1. The zero-order valence-electron chi connectivity index (χ0n) is 11.0. The predicted octanol–water partition coefficient (Wildman–Crippen LogP) is 0.214. The molecule has 0 bridgehead atoms. The minimum Gasteiger partial charge on any atom is -0.480 e. The zero-order valence-corrected chi connectivity index (χ0v) is 11.0. The van der Waals surface area contributed by atoms with E-state index in [0.717, 1.165) is 0 Å². The second-order valence-electron chi connectivity index (χ2n) is 4.67. The normalized spacial score (nSPS) is 18.3. The lowest BCUT2D eigenvalue weighted by atomic mass is 10.2. The number of carboxylic acids is 1. The van der Waals surface area contributed by atoms with E-state index in [-0.39, 0.29) is 11.7 Å². The average Bonchev–Trinajstić information content (AvgIpc) is 2.84. The average molecular weight is 267 g/mol. The van der Waals surface area contributed by atoms with Gasteiger partial charge in [0, 0.05) is 32.2 Å². The Kier molecular flexibility index (Phi) is 3.84. The first kappa shape index (κ1) is 13.5. The molecule has 1 aliphatic heterocycles. The number of hydrogen-bond donors (Lipinski definition) is 1.